The number of para-hydroxylation sites is 2. The van der Waals surface area contributed by atoms with Crippen LogP contribution in [0.25, 0.3) is 16.9 Å². The van der Waals surface area contributed by atoms with E-state index in [1.165, 1.54) is 36.4 Å². The highest BCUT2D eigenvalue weighted by atomic mass is 19.1. The molecule has 1 aromatic heterocycles. The highest BCUT2D eigenvalue weighted by Gasteiger charge is 2.20. The van der Waals surface area contributed by atoms with E-state index in [-0.39, 0.29) is 22.6 Å². The molecule has 0 aliphatic carbocycles. The molecule has 0 bridgehead atoms. The molecule has 0 aliphatic rings. The molecule has 7 nitrogen and oxygen atoms in total. The van der Waals surface area contributed by atoms with Crippen LogP contribution in [0, 0.1) is 15.9 Å². The summed E-state index contributed by atoms with van der Waals surface area (Å²) in [6.07, 6.45) is 0. The molecule has 0 saturated carbocycles. The fourth-order valence-corrected chi connectivity index (χ4v) is 2.10. The van der Waals surface area contributed by atoms with Gasteiger partial charge in [-0.15, -0.1) is 0 Å². The Labute approximate surface area is 122 Å². The van der Waals surface area contributed by atoms with Gasteiger partial charge in [0.1, 0.15) is 11.5 Å². The van der Waals surface area contributed by atoms with Crippen molar-refractivity contribution >= 4 is 5.69 Å². The lowest BCUT2D eigenvalue weighted by molar-refractivity contribution is -0.384. The lowest BCUT2D eigenvalue weighted by Crippen LogP contribution is -2.17. The zero-order chi connectivity index (χ0) is 15.7. The Morgan fingerprint density at radius 3 is 2.55 bits per heavy atom. The predicted octanol–water partition coefficient (Wildman–Crippen LogP) is 2.27. The third-order valence-corrected chi connectivity index (χ3v) is 3.12. The van der Waals surface area contributed by atoms with Crippen molar-refractivity contribution in [1.82, 2.24) is 15.0 Å². The summed E-state index contributed by atoms with van der Waals surface area (Å²) in [5, 5.41) is 17.2. The molecule has 0 fully saturated rings. The Morgan fingerprint density at radius 1 is 1.14 bits per heavy atom. The van der Waals surface area contributed by atoms with E-state index < -0.39 is 16.3 Å². The first kappa shape index (κ1) is 13.7. The topological polar surface area (TPSA) is 93.8 Å². The van der Waals surface area contributed by atoms with Crippen LogP contribution < -0.4 is 5.56 Å². The molecule has 110 valence electrons. The van der Waals surface area contributed by atoms with Gasteiger partial charge < -0.3 is 0 Å². The average Bonchev–Trinajstić information content (AvgIpc) is 2.89. The van der Waals surface area contributed by atoms with Crippen molar-refractivity contribution in [2.45, 2.75) is 0 Å². The Kier molecular flexibility index (Phi) is 3.26. The number of benzene rings is 2. The molecule has 2 aromatic carbocycles. The highest BCUT2D eigenvalue weighted by molar-refractivity contribution is 5.60. The molecule has 0 aliphatic heterocycles. The van der Waals surface area contributed by atoms with Gasteiger partial charge in [0, 0.05) is 11.6 Å². The van der Waals surface area contributed by atoms with Crippen LogP contribution >= 0.6 is 0 Å². The number of halogens is 1. The Hall–Kier alpha value is -3.29. The predicted molar refractivity (Wildman–Crippen MR) is 76.2 cm³/mol. The largest absolute Gasteiger partial charge is 0.299 e. The number of aromatic nitrogens is 3. The minimum atomic E-state index is -0.667. The monoisotopic (exact) mass is 300 g/mol. The molecule has 22 heavy (non-hydrogen) atoms. The number of hydrogen-bond donors (Lipinski definition) is 1. The SMILES string of the molecule is O=c1c(-c2ccccc2F)n[nH]n1-c1ccccc1[N+](=O)[O-]. The van der Waals surface area contributed by atoms with Crippen LogP contribution in [-0.2, 0) is 0 Å². The van der Waals surface area contributed by atoms with E-state index in [0.717, 1.165) is 4.68 Å². The first-order valence-corrected chi connectivity index (χ1v) is 6.25. The summed E-state index contributed by atoms with van der Waals surface area (Å²) >= 11 is 0. The van der Waals surface area contributed by atoms with Gasteiger partial charge in [-0.25, -0.2) is 9.60 Å². The summed E-state index contributed by atoms with van der Waals surface area (Å²) in [6, 6.07) is 11.4. The van der Waals surface area contributed by atoms with E-state index in [0.29, 0.717) is 0 Å². The van der Waals surface area contributed by atoms with E-state index in [9.17, 15) is 19.3 Å². The van der Waals surface area contributed by atoms with Crippen molar-refractivity contribution in [3.05, 3.63) is 74.8 Å². The molecular formula is C14H9FN4O3. The fourth-order valence-electron chi connectivity index (χ4n) is 2.10. The minimum absolute atomic E-state index is 0.0288. The number of rotatable bonds is 3. The lowest BCUT2D eigenvalue weighted by atomic mass is 10.1. The van der Waals surface area contributed by atoms with Crippen molar-refractivity contribution in [3.63, 3.8) is 0 Å². The van der Waals surface area contributed by atoms with Gasteiger partial charge in [-0.3, -0.25) is 14.9 Å². The smallest absolute Gasteiger partial charge is 0.265 e. The van der Waals surface area contributed by atoms with Crippen LogP contribution in [0.2, 0.25) is 0 Å². The molecule has 0 saturated heterocycles. The second kappa shape index (κ2) is 5.24. The van der Waals surface area contributed by atoms with Crippen molar-refractivity contribution in [3.8, 4) is 16.9 Å². The Balaban J connectivity index is 2.19. The van der Waals surface area contributed by atoms with Crippen LogP contribution in [0.3, 0.4) is 0 Å². The van der Waals surface area contributed by atoms with Crippen LogP contribution in [0.15, 0.2) is 53.3 Å². The van der Waals surface area contributed by atoms with Gasteiger partial charge in [0.25, 0.3) is 11.2 Å². The first-order chi connectivity index (χ1) is 10.6. The summed E-state index contributed by atoms with van der Waals surface area (Å²) in [5.41, 5.74) is -1.00. The van der Waals surface area contributed by atoms with Gasteiger partial charge in [0.05, 0.1) is 4.92 Å². The van der Waals surface area contributed by atoms with Gasteiger partial charge in [-0.1, -0.05) is 24.3 Å². The molecule has 0 spiro atoms. The van der Waals surface area contributed by atoms with E-state index in [1.54, 1.807) is 12.1 Å². The number of nitro groups is 1. The average molecular weight is 300 g/mol. The van der Waals surface area contributed by atoms with Crippen molar-refractivity contribution in [2.24, 2.45) is 0 Å². The minimum Gasteiger partial charge on any atom is -0.265 e. The summed E-state index contributed by atoms with van der Waals surface area (Å²) < 4.78 is 14.7. The Bertz CT molecular complexity index is 916. The number of nitrogens with one attached hydrogen (secondary N) is 1. The van der Waals surface area contributed by atoms with Gasteiger partial charge in [-0.05, 0) is 18.2 Å². The third kappa shape index (κ3) is 2.16. The number of hydrogen-bond acceptors (Lipinski definition) is 4. The van der Waals surface area contributed by atoms with Crippen LogP contribution in [0.4, 0.5) is 10.1 Å². The van der Waals surface area contributed by atoms with E-state index in [2.05, 4.69) is 10.3 Å². The maximum Gasteiger partial charge on any atom is 0.299 e. The zero-order valence-corrected chi connectivity index (χ0v) is 11.1. The highest BCUT2D eigenvalue weighted by Crippen LogP contribution is 2.22. The normalized spacial score (nSPS) is 10.6. The molecule has 3 rings (SSSR count). The number of nitro benzene ring substituents is 1. The molecule has 0 amide bonds. The van der Waals surface area contributed by atoms with E-state index in [1.807, 2.05) is 0 Å². The van der Waals surface area contributed by atoms with Crippen LogP contribution in [0.5, 0.6) is 0 Å². The number of nitrogens with zero attached hydrogens (tertiary/aromatic N) is 3. The van der Waals surface area contributed by atoms with Gasteiger partial charge in [0.2, 0.25) is 0 Å². The summed E-state index contributed by atoms with van der Waals surface area (Å²) in [5.74, 6) is -0.596. The molecule has 0 radical (unpaired) electrons. The fraction of sp³-hybridized carbons (Fsp3) is 0. The standard InChI is InChI=1S/C14H9FN4O3/c15-10-6-2-1-5-9(10)13-14(20)18(17-16-13)11-7-3-4-8-12(11)19(21)22/h1-8,17H. The summed E-state index contributed by atoms with van der Waals surface area (Å²) in [6.45, 7) is 0. The number of H-pyrrole nitrogens is 1. The molecule has 0 unspecified atom stereocenters. The molecular weight excluding hydrogens is 291 g/mol. The second-order valence-electron chi connectivity index (χ2n) is 4.43. The quantitative estimate of drug-likeness (QED) is 0.593. The maximum atomic E-state index is 13.8. The number of aromatic amines is 1. The summed E-state index contributed by atoms with van der Waals surface area (Å²) in [4.78, 5) is 22.8. The molecule has 1 N–H and O–H groups in total. The molecule has 0 atom stereocenters. The third-order valence-electron chi connectivity index (χ3n) is 3.12. The molecule has 3 aromatic rings. The van der Waals surface area contributed by atoms with E-state index in [4.69, 9.17) is 0 Å². The van der Waals surface area contributed by atoms with Crippen molar-refractivity contribution in [2.75, 3.05) is 0 Å². The van der Waals surface area contributed by atoms with Gasteiger partial charge in [0.15, 0.2) is 5.69 Å². The first-order valence-electron chi connectivity index (χ1n) is 6.25. The van der Waals surface area contributed by atoms with Crippen molar-refractivity contribution in [1.29, 1.82) is 0 Å². The lowest BCUT2D eigenvalue weighted by Gasteiger charge is -2.01. The van der Waals surface area contributed by atoms with Crippen LogP contribution in [0.1, 0.15) is 0 Å². The van der Waals surface area contributed by atoms with Gasteiger partial charge >= 0.3 is 0 Å². The van der Waals surface area contributed by atoms with Crippen LogP contribution in [-0.4, -0.2) is 19.9 Å². The molecule has 1 heterocycles. The Morgan fingerprint density at radius 2 is 1.82 bits per heavy atom. The van der Waals surface area contributed by atoms with Gasteiger partial charge in [-0.2, -0.15) is 9.78 Å². The molecule has 8 heteroatoms. The second-order valence-corrected chi connectivity index (χ2v) is 4.43. The van der Waals surface area contributed by atoms with E-state index >= 15 is 0 Å². The summed E-state index contributed by atoms with van der Waals surface area (Å²) in [7, 11) is 0. The maximum absolute atomic E-state index is 13.8. The van der Waals surface area contributed by atoms with Crippen molar-refractivity contribution < 1.29 is 9.31 Å². The zero-order valence-electron chi connectivity index (χ0n) is 11.1.